The number of hydrogen-bond donors (Lipinski definition) is 1. The van der Waals surface area contributed by atoms with Crippen molar-refractivity contribution in [2.75, 3.05) is 12.3 Å². The minimum Gasteiger partial charge on any atom is -0.397 e. The largest absolute Gasteiger partial charge is 0.397 e. The Morgan fingerprint density at radius 3 is 3.07 bits per heavy atom. The number of hydrogen-bond acceptors (Lipinski definition) is 3. The second kappa shape index (κ2) is 5.53. The van der Waals surface area contributed by atoms with E-state index in [9.17, 15) is 0 Å². The van der Waals surface area contributed by atoms with Crippen molar-refractivity contribution in [3.63, 3.8) is 0 Å². The van der Waals surface area contributed by atoms with Crippen LogP contribution in [0.25, 0.3) is 10.4 Å². The van der Waals surface area contributed by atoms with E-state index in [1.165, 1.54) is 0 Å². The van der Waals surface area contributed by atoms with Crippen LogP contribution in [0.4, 0.5) is 5.69 Å². The van der Waals surface area contributed by atoms with Gasteiger partial charge in [0.25, 0.3) is 0 Å². The molecule has 2 N–H and O–H groups in total. The Morgan fingerprint density at radius 1 is 1.60 bits per heavy atom. The molecular weight excluding hydrogens is 190 g/mol. The summed E-state index contributed by atoms with van der Waals surface area (Å²) in [7, 11) is 0. The van der Waals surface area contributed by atoms with E-state index in [4.69, 9.17) is 11.3 Å². The summed E-state index contributed by atoms with van der Waals surface area (Å²) < 4.78 is 0. The van der Waals surface area contributed by atoms with Gasteiger partial charge in [-0.2, -0.15) is 0 Å². The highest BCUT2D eigenvalue weighted by molar-refractivity contribution is 5.45. The number of pyridine rings is 1. The van der Waals surface area contributed by atoms with Crippen molar-refractivity contribution in [3.05, 3.63) is 34.0 Å². The lowest BCUT2D eigenvalue weighted by Gasteiger charge is -1.97. The van der Waals surface area contributed by atoms with E-state index >= 15 is 0 Å². The summed E-state index contributed by atoms with van der Waals surface area (Å²) in [4.78, 5) is 6.82. The number of anilines is 1. The van der Waals surface area contributed by atoms with Crippen molar-refractivity contribution in [1.29, 1.82) is 0 Å². The average Bonchev–Trinajstić information content (AvgIpc) is 2.23. The number of rotatable bonds is 2. The molecule has 1 aromatic rings. The second-order valence-corrected chi connectivity index (χ2v) is 2.88. The quantitative estimate of drug-likeness (QED) is 0.261. The van der Waals surface area contributed by atoms with Gasteiger partial charge in [-0.25, -0.2) is 4.98 Å². The van der Waals surface area contributed by atoms with Crippen LogP contribution in [0, 0.1) is 18.8 Å². The summed E-state index contributed by atoms with van der Waals surface area (Å²) in [5, 5.41) is 3.37. The molecule has 0 atom stereocenters. The van der Waals surface area contributed by atoms with Gasteiger partial charge in [0, 0.05) is 17.9 Å². The normalized spacial score (nSPS) is 8.60. The predicted octanol–water partition coefficient (Wildman–Crippen LogP) is 2.02. The molecule has 0 unspecified atom stereocenters. The zero-order valence-electron chi connectivity index (χ0n) is 8.44. The van der Waals surface area contributed by atoms with Crippen LogP contribution >= 0.6 is 0 Å². The van der Waals surface area contributed by atoms with Crippen LogP contribution in [0.15, 0.2) is 17.2 Å². The number of nitrogens with two attached hydrogens (primary N) is 1. The SMILES string of the molecule is Cc1nc(C#CCCN=[N+]=[N-])ccc1N. The molecule has 0 saturated carbocycles. The number of nitrogen functional groups attached to an aromatic ring is 1. The first kappa shape index (κ1) is 10.9. The third kappa shape index (κ3) is 3.59. The molecule has 0 fully saturated rings. The van der Waals surface area contributed by atoms with Gasteiger partial charge in [-0.15, -0.1) is 0 Å². The van der Waals surface area contributed by atoms with Crippen molar-refractivity contribution < 1.29 is 0 Å². The molecule has 0 aliphatic rings. The van der Waals surface area contributed by atoms with E-state index in [1.807, 2.05) is 6.92 Å². The van der Waals surface area contributed by atoms with Crippen molar-refractivity contribution in [1.82, 2.24) is 4.98 Å². The molecule has 0 amide bonds. The molecule has 1 aromatic heterocycles. The maximum atomic E-state index is 8.03. The summed E-state index contributed by atoms with van der Waals surface area (Å²) in [6, 6.07) is 3.54. The van der Waals surface area contributed by atoms with Gasteiger partial charge < -0.3 is 5.73 Å². The maximum Gasteiger partial charge on any atom is 0.113 e. The molecule has 5 heteroatoms. The van der Waals surface area contributed by atoms with Gasteiger partial charge in [0.2, 0.25) is 0 Å². The van der Waals surface area contributed by atoms with Gasteiger partial charge in [-0.1, -0.05) is 11.0 Å². The van der Waals surface area contributed by atoms with Crippen LogP contribution in [0.2, 0.25) is 0 Å². The van der Waals surface area contributed by atoms with E-state index in [0.29, 0.717) is 24.3 Å². The fourth-order valence-corrected chi connectivity index (χ4v) is 0.945. The number of aromatic nitrogens is 1. The first-order valence-corrected chi connectivity index (χ1v) is 4.47. The second-order valence-electron chi connectivity index (χ2n) is 2.88. The van der Waals surface area contributed by atoms with Crippen LogP contribution in [-0.4, -0.2) is 11.5 Å². The zero-order chi connectivity index (χ0) is 11.1. The monoisotopic (exact) mass is 201 g/mol. The van der Waals surface area contributed by atoms with E-state index in [1.54, 1.807) is 12.1 Å². The van der Waals surface area contributed by atoms with E-state index in [0.717, 1.165) is 5.69 Å². The van der Waals surface area contributed by atoms with Crippen LogP contribution in [0.3, 0.4) is 0 Å². The van der Waals surface area contributed by atoms with Gasteiger partial charge in [0.1, 0.15) is 5.69 Å². The van der Waals surface area contributed by atoms with E-state index in [2.05, 4.69) is 26.9 Å². The Hall–Kier alpha value is -2.18. The van der Waals surface area contributed by atoms with Crippen LogP contribution < -0.4 is 5.73 Å². The molecule has 5 nitrogen and oxygen atoms in total. The van der Waals surface area contributed by atoms with Gasteiger partial charge in [-0.05, 0) is 30.5 Å². The standard InChI is InChI=1S/C10H11N5/c1-8-10(11)6-5-9(14-8)4-2-3-7-13-15-12/h5-6H,3,7,11H2,1H3. The smallest absolute Gasteiger partial charge is 0.113 e. The van der Waals surface area contributed by atoms with Crippen LogP contribution in [0.5, 0.6) is 0 Å². The molecule has 0 aliphatic heterocycles. The molecule has 0 aromatic carbocycles. The van der Waals surface area contributed by atoms with E-state index in [-0.39, 0.29) is 0 Å². The third-order valence-corrected chi connectivity index (χ3v) is 1.74. The van der Waals surface area contributed by atoms with Crippen molar-refractivity contribution >= 4 is 5.69 Å². The van der Waals surface area contributed by atoms with Crippen molar-refractivity contribution in [2.24, 2.45) is 5.11 Å². The van der Waals surface area contributed by atoms with Gasteiger partial charge in [0.15, 0.2) is 0 Å². The Balaban J connectivity index is 2.64. The molecular formula is C10H11N5. The van der Waals surface area contributed by atoms with Gasteiger partial charge in [0.05, 0.1) is 11.4 Å². The number of azide groups is 1. The Kier molecular flexibility index (Phi) is 4.02. The molecule has 1 heterocycles. The Morgan fingerprint density at radius 2 is 2.40 bits per heavy atom. The molecule has 0 aliphatic carbocycles. The molecule has 0 bridgehead atoms. The minimum atomic E-state index is 0.386. The summed E-state index contributed by atoms with van der Waals surface area (Å²) in [6.45, 7) is 2.22. The first-order chi connectivity index (χ1) is 7.24. The molecule has 0 spiro atoms. The summed E-state index contributed by atoms with van der Waals surface area (Å²) in [5.74, 6) is 5.74. The Labute approximate surface area is 87.9 Å². The van der Waals surface area contributed by atoms with E-state index < -0.39 is 0 Å². The van der Waals surface area contributed by atoms with Crippen LogP contribution in [0.1, 0.15) is 17.8 Å². The zero-order valence-corrected chi connectivity index (χ0v) is 8.44. The highest BCUT2D eigenvalue weighted by Crippen LogP contribution is 2.06. The molecule has 0 radical (unpaired) electrons. The molecule has 0 saturated heterocycles. The molecule has 1 rings (SSSR count). The van der Waals surface area contributed by atoms with Crippen LogP contribution in [-0.2, 0) is 0 Å². The minimum absolute atomic E-state index is 0.386. The lowest BCUT2D eigenvalue weighted by atomic mass is 10.2. The fourth-order valence-electron chi connectivity index (χ4n) is 0.945. The third-order valence-electron chi connectivity index (χ3n) is 1.74. The van der Waals surface area contributed by atoms with Gasteiger partial charge in [-0.3, -0.25) is 0 Å². The number of aryl methyl sites for hydroxylation is 1. The Bertz CT molecular complexity index is 449. The van der Waals surface area contributed by atoms with Crippen molar-refractivity contribution in [2.45, 2.75) is 13.3 Å². The summed E-state index contributed by atoms with van der Waals surface area (Å²) in [5.41, 5.74) is 15.8. The highest BCUT2D eigenvalue weighted by Gasteiger charge is 1.94. The predicted molar refractivity (Wildman–Crippen MR) is 58.9 cm³/mol. The molecule has 76 valence electrons. The lowest BCUT2D eigenvalue weighted by molar-refractivity contribution is 1.01. The fraction of sp³-hybridized carbons (Fsp3) is 0.300. The highest BCUT2D eigenvalue weighted by atomic mass is 15.1. The van der Waals surface area contributed by atoms with Gasteiger partial charge >= 0.3 is 0 Å². The lowest BCUT2D eigenvalue weighted by Crippen LogP contribution is -1.94. The van der Waals surface area contributed by atoms with Crippen molar-refractivity contribution in [3.8, 4) is 11.8 Å². The summed E-state index contributed by atoms with van der Waals surface area (Å²) in [6.07, 6.45) is 0.537. The number of nitrogens with zero attached hydrogens (tertiary/aromatic N) is 4. The summed E-state index contributed by atoms with van der Waals surface area (Å²) >= 11 is 0. The average molecular weight is 201 g/mol. The topological polar surface area (TPSA) is 87.7 Å². The first-order valence-electron chi connectivity index (χ1n) is 4.47. The maximum absolute atomic E-state index is 8.03. The molecule has 15 heavy (non-hydrogen) atoms.